The van der Waals surface area contributed by atoms with E-state index in [1.165, 1.54) is 0 Å². The number of ether oxygens (including phenoxy) is 1. The molecule has 0 saturated carbocycles. The van der Waals surface area contributed by atoms with Crippen LogP contribution in [0.4, 0.5) is 0 Å². The molecule has 0 aromatic heterocycles. The van der Waals surface area contributed by atoms with Crippen LogP contribution in [0.25, 0.3) is 0 Å². The number of hydrogen-bond donors (Lipinski definition) is 2. The number of nitrogens with zero attached hydrogens (tertiary/aromatic N) is 1. The van der Waals surface area contributed by atoms with Crippen LogP contribution < -0.4 is 10.5 Å². The predicted molar refractivity (Wildman–Crippen MR) is 81.5 cm³/mol. The number of thiocarbonyl (C=S) groups is 1. The molecule has 0 atom stereocenters. The average molecular weight is 282 g/mol. The Bertz CT molecular complexity index is 424. The van der Waals surface area contributed by atoms with Gasteiger partial charge in [-0.3, -0.25) is 4.90 Å². The molecule has 0 aliphatic carbocycles. The molecule has 106 valence electrons. The number of nitrogens with two attached hydrogens (primary N) is 1. The van der Waals surface area contributed by atoms with Crippen LogP contribution in [0.5, 0.6) is 5.75 Å². The van der Waals surface area contributed by atoms with Crippen LogP contribution in [-0.4, -0.2) is 41.8 Å². The fourth-order valence-electron chi connectivity index (χ4n) is 1.95. The van der Waals surface area contributed by atoms with Gasteiger partial charge in [0, 0.05) is 19.7 Å². The quantitative estimate of drug-likeness (QED) is 0.708. The Labute approximate surface area is 120 Å². The van der Waals surface area contributed by atoms with Crippen molar-refractivity contribution < 1.29 is 9.84 Å². The van der Waals surface area contributed by atoms with Gasteiger partial charge in [-0.2, -0.15) is 0 Å². The van der Waals surface area contributed by atoms with Crippen LogP contribution in [0, 0.1) is 0 Å². The molecule has 5 heteroatoms. The fraction of sp³-hybridized carbons (Fsp3) is 0.500. The number of aliphatic hydroxyl groups excluding tert-OH is 1. The van der Waals surface area contributed by atoms with Crippen LogP contribution in [0.2, 0.25) is 0 Å². The first kappa shape index (κ1) is 15.9. The van der Waals surface area contributed by atoms with Gasteiger partial charge in [0.1, 0.15) is 10.7 Å². The van der Waals surface area contributed by atoms with Gasteiger partial charge in [0.25, 0.3) is 0 Å². The van der Waals surface area contributed by atoms with Gasteiger partial charge in [0.2, 0.25) is 0 Å². The lowest BCUT2D eigenvalue weighted by Gasteiger charge is -2.20. The molecule has 19 heavy (non-hydrogen) atoms. The van der Waals surface area contributed by atoms with Gasteiger partial charge in [0.05, 0.1) is 12.7 Å². The van der Waals surface area contributed by atoms with E-state index in [-0.39, 0.29) is 6.61 Å². The van der Waals surface area contributed by atoms with E-state index in [1.807, 2.05) is 18.2 Å². The summed E-state index contributed by atoms with van der Waals surface area (Å²) in [5, 5.41) is 8.89. The SMILES string of the molecule is CCN(CCCO)Cc1ccc(OC)c(C(N)=S)c1. The van der Waals surface area contributed by atoms with Crippen LogP contribution in [0.15, 0.2) is 18.2 Å². The normalized spacial score (nSPS) is 10.7. The second-order valence-corrected chi connectivity index (χ2v) is 4.78. The number of aliphatic hydroxyl groups is 1. The summed E-state index contributed by atoms with van der Waals surface area (Å²) >= 11 is 5.04. The molecule has 1 aromatic carbocycles. The molecule has 1 rings (SSSR count). The highest BCUT2D eigenvalue weighted by atomic mass is 32.1. The molecule has 0 fully saturated rings. The summed E-state index contributed by atoms with van der Waals surface area (Å²) in [5.41, 5.74) is 7.62. The Morgan fingerprint density at radius 3 is 2.74 bits per heavy atom. The zero-order valence-corrected chi connectivity index (χ0v) is 12.4. The molecule has 0 amide bonds. The second kappa shape index (κ2) is 8.09. The summed E-state index contributed by atoms with van der Waals surface area (Å²) < 4.78 is 5.24. The van der Waals surface area contributed by atoms with Crippen molar-refractivity contribution in [2.45, 2.75) is 19.9 Å². The standard InChI is InChI=1S/C14H22N2O2S/c1-3-16(7-4-8-17)10-11-5-6-13(18-2)12(9-11)14(15)19/h5-6,9,17H,3-4,7-8,10H2,1-2H3,(H2,15,19). The maximum Gasteiger partial charge on any atom is 0.129 e. The Balaban J connectivity index is 2.83. The molecule has 1 aromatic rings. The first-order valence-electron chi connectivity index (χ1n) is 6.42. The maximum atomic E-state index is 8.89. The molecule has 0 aliphatic heterocycles. The van der Waals surface area contributed by atoms with E-state index in [0.717, 1.165) is 37.2 Å². The van der Waals surface area contributed by atoms with Crippen molar-refractivity contribution in [3.63, 3.8) is 0 Å². The summed E-state index contributed by atoms with van der Waals surface area (Å²) in [5.74, 6) is 0.703. The lowest BCUT2D eigenvalue weighted by molar-refractivity contribution is 0.225. The highest BCUT2D eigenvalue weighted by molar-refractivity contribution is 7.80. The Kier molecular flexibility index (Phi) is 6.77. The van der Waals surface area contributed by atoms with Crippen molar-refractivity contribution >= 4 is 17.2 Å². The van der Waals surface area contributed by atoms with Crippen molar-refractivity contribution in [2.75, 3.05) is 26.8 Å². The number of rotatable bonds is 8. The minimum atomic E-state index is 0.219. The first-order chi connectivity index (χ1) is 9.12. The van der Waals surface area contributed by atoms with Crippen molar-refractivity contribution in [1.82, 2.24) is 4.90 Å². The zero-order valence-electron chi connectivity index (χ0n) is 11.6. The van der Waals surface area contributed by atoms with Gasteiger partial charge in [0.15, 0.2) is 0 Å². The Morgan fingerprint density at radius 2 is 2.21 bits per heavy atom. The van der Waals surface area contributed by atoms with Gasteiger partial charge in [-0.1, -0.05) is 25.2 Å². The monoisotopic (exact) mass is 282 g/mol. The zero-order chi connectivity index (χ0) is 14.3. The van der Waals surface area contributed by atoms with Gasteiger partial charge in [-0.15, -0.1) is 0 Å². The minimum absolute atomic E-state index is 0.219. The molecule has 4 nitrogen and oxygen atoms in total. The van der Waals surface area contributed by atoms with E-state index in [2.05, 4.69) is 11.8 Å². The molecular weight excluding hydrogens is 260 g/mol. The van der Waals surface area contributed by atoms with Crippen molar-refractivity contribution in [3.8, 4) is 5.75 Å². The summed E-state index contributed by atoms with van der Waals surface area (Å²) in [6.07, 6.45) is 0.784. The summed E-state index contributed by atoms with van der Waals surface area (Å²) in [4.78, 5) is 2.61. The molecule has 3 N–H and O–H groups in total. The van der Waals surface area contributed by atoms with Crippen LogP contribution in [-0.2, 0) is 6.54 Å². The van der Waals surface area contributed by atoms with Gasteiger partial charge < -0.3 is 15.6 Å². The first-order valence-corrected chi connectivity index (χ1v) is 6.83. The van der Waals surface area contributed by atoms with E-state index in [4.69, 9.17) is 27.8 Å². The van der Waals surface area contributed by atoms with Gasteiger partial charge in [-0.05, 0) is 30.7 Å². The summed E-state index contributed by atoms with van der Waals surface area (Å²) in [6.45, 7) is 4.96. The van der Waals surface area contributed by atoms with Crippen molar-refractivity contribution in [3.05, 3.63) is 29.3 Å². The topological polar surface area (TPSA) is 58.7 Å². The smallest absolute Gasteiger partial charge is 0.129 e. The third-order valence-electron chi connectivity index (χ3n) is 3.02. The van der Waals surface area contributed by atoms with E-state index < -0.39 is 0 Å². The van der Waals surface area contributed by atoms with E-state index in [9.17, 15) is 0 Å². The molecule has 0 unspecified atom stereocenters. The fourth-order valence-corrected chi connectivity index (χ4v) is 2.11. The third kappa shape index (κ3) is 4.78. The molecule has 0 bridgehead atoms. The second-order valence-electron chi connectivity index (χ2n) is 4.34. The van der Waals surface area contributed by atoms with Crippen LogP contribution >= 0.6 is 12.2 Å². The maximum absolute atomic E-state index is 8.89. The number of methoxy groups -OCH3 is 1. The van der Waals surface area contributed by atoms with E-state index in [1.54, 1.807) is 7.11 Å². The Morgan fingerprint density at radius 1 is 1.47 bits per heavy atom. The molecule has 0 spiro atoms. The van der Waals surface area contributed by atoms with E-state index in [0.29, 0.717) is 10.7 Å². The molecule has 0 saturated heterocycles. The summed E-state index contributed by atoms with van der Waals surface area (Å²) in [7, 11) is 1.61. The Hall–Kier alpha value is -1.17. The van der Waals surface area contributed by atoms with Crippen molar-refractivity contribution in [2.24, 2.45) is 5.73 Å². The largest absolute Gasteiger partial charge is 0.496 e. The lowest BCUT2D eigenvalue weighted by atomic mass is 10.1. The van der Waals surface area contributed by atoms with Gasteiger partial charge >= 0.3 is 0 Å². The summed E-state index contributed by atoms with van der Waals surface area (Å²) in [6, 6.07) is 5.88. The van der Waals surface area contributed by atoms with Crippen LogP contribution in [0.3, 0.4) is 0 Å². The third-order valence-corrected chi connectivity index (χ3v) is 3.24. The minimum Gasteiger partial charge on any atom is -0.496 e. The predicted octanol–water partition coefficient (Wildman–Crippen LogP) is 1.53. The molecule has 0 aliphatic rings. The highest BCUT2D eigenvalue weighted by Crippen LogP contribution is 2.20. The van der Waals surface area contributed by atoms with Crippen molar-refractivity contribution in [1.29, 1.82) is 0 Å². The lowest BCUT2D eigenvalue weighted by Crippen LogP contribution is -2.25. The average Bonchev–Trinajstić information content (AvgIpc) is 2.43. The molecule has 0 heterocycles. The van der Waals surface area contributed by atoms with Crippen LogP contribution in [0.1, 0.15) is 24.5 Å². The number of benzene rings is 1. The highest BCUT2D eigenvalue weighted by Gasteiger charge is 2.09. The number of hydrogen-bond acceptors (Lipinski definition) is 4. The van der Waals surface area contributed by atoms with E-state index >= 15 is 0 Å². The molecular formula is C14H22N2O2S. The van der Waals surface area contributed by atoms with Gasteiger partial charge in [-0.25, -0.2) is 0 Å². The molecule has 0 radical (unpaired) electrons.